The fourth-order valence-corrected chi connectivity index (χ4v) is 2.73. The van der Waals surface area contributed by atoms with Gasteiger partial charge in [-0.15, -0.1) is 0 Å². The minimum absolute atomic E-state index is 0.625. The molecule has 0 amide bonds. The molecule has 118 valence electrons. The van der Waals surface area contributed by atoms with Crippen LogP contribution in [-0.2, 0) is 12.8 Å². The normalized spacial score (nSPS) is 10.9. The van der Waals surface area contributed by atoms with Crippen LogP contribution in [0.5, 0.6) is 0 Å². The van der Waals surface area contributed by atoms with Gasteiger partial charge in [0.2, 0.25) is 0 Å². The molecule has 2 rings (SSSR count). The molecule has 3 heteroatoms. The van der Waals surface area contributed by atoms with Crippen LogP contribution in [0.15, 0.2) is 42.5 Å². The lowest BCUT2D eigenvalue weighted by atomic mass is 10.1. The number of hydrogen-bond acceptors (Lipinski definition) is 1. The zero-order valence-electron chi connectivity index (χ0n) is 13.0. The summed E-state index contributed by atoms with van der Waals surface area (Å²) in [6.45, 7) is 4.22. The molecule has 0 aliphatic rings. The van der Waals surface area contributed by atoms with E-state index in [1.54, 1.807) is 0 Å². The number of halogens is 2. The van der Waals surface area contributed by atoms with Crippen molar-refractivity contribution in [1.29, 1.82) is 0 Å². The third-order valence-electron chi connectivity index (χ3n) is 3.74. The maximum atomic E-state index is 6.02. The Morgan fingerprint density at radius 1 is 0.773 bits per heavy atom. The van der Waals surface area contributed by atoms with Crippen LogP contribution in [-0.4, -0.2) is 13.1 Å². The van der Waals surface area contributed by atoms with E-state index < -0.39 is 0 Å². The summed E-state index contributed by atoms with van der Waals surface area (Å²) in [5.41, 5.74) is 3.99. The first-order valence-electron chi connectivity index (χ1n) is 7.85. The monoisotopic (exact) mass is 335 g/mol. The Hall–Kier alpha value is -1.02. The second-order valence-electron chi connectivity index (χ2n) is 5.69. The van der Waals surface area contributed by atoms with E-state index in [-0.39, 0.29) is 0 Å². The predicted octanol–water partition coefficient (Wildman–Crippen LogP) is 5.46. The minimum Gasteiger partial charge on any atom is -0.317 e. The SMILES string of the molecule is Cc1ccc(CCCNCCCc2ccc(Cl)c(Cl)c2)cc1. The molecule has 0 spiro atoms. The van der Waals surface area contributed by atoms with Gasteiger partial charge >= 0.3 is 0 Å². The number of hydrogen-bond donors (Lipinski definition) is 1. The van der Waals surface area contributed by atoms with Crippen molar-refractivity contribution in [2.75, 3.05) is 13.1 Å². The zero-order valence-corrected chi connectivity index (χ0v) is 14.6. The Morgan fingerprint density at radius 2 is 1.36 bits per heavy atom. The van der Waals surface area contributed by atoms with Crippen LogP contribution in [0.25, 0.3) is 0 Å². The highest BCUT2D eigenvalue weighted by Crippen LogP contribution is 2.23. The van der Waals surface area contributed by atoms with Crippen molar-refractivity contribution >= 4 is 23.2 Å². The molecule has 0 aliphatic carbocycles. The Bertz CT molecular complexity index is 578. The highest BCUT2D eigenvalue weighted by atomic mass is 35.5. The molecule has 0 fully saturated rings. The van der Waals surface area contributed by atoms with Crippen LogP contribution in [0.1, 0.15) is 29.5 Å². The van der Waals surface area contributed by atoms with Crippen molar-refractivity contribution in [1.82, 2.24) is 5.32 Å². The Morgan fingerprint density at radius 3 is 2.00 bits per heavy atom. The summed E-state index contributed by atoms with van der Waals surface area (Å²) < 4.78 is 0. The minimum atomic E-state index is 0.625. The molecular formula is C19H23Cl2N. The summed E-state index contributed by atoms with van der Waals surface area (Å²) in [5.74, 6) is 0. The van der Waals surface area contributed by atoms with E-state index in [9.17, 15) is 0 Å². The lowest BCUT2D eigenvalue weighted by molar-refractivity contribution is 0.622. The van der Waals surface area contributed by atoms with Crippen molar-refractivity contribution in [3.63, 3.8) is 0 Å². The fraction of sp³-hybridized carbons (Fsp3) is 0.368. The fourth-order valence-electron chi connectivity index (χ4n) is 2.41. The molecule has 0 saturated carbocycles. The maximum absolute atomic E-state index is 6.02. The number of aryl methyl sites for hydroxylation is 3. The molecule has 2 aromatic carbocycles. The van der Waals surface area contributed by atoms with E-state index >= 15 is 0 Å². The molecule has 0 aliphatic heterocycles. The molecule has 0 atom stereocenters. The first-order valence-corrected chi connectivity index (χ1v) is 8.61. The van der Waals surface area contributed by atoms with Crippen LogP contribution in [0, 0.1) is 6.92 Å². The van der Waals surface area contributed by atoms with Gasteiger partial charge < -0.3 is 5.32 Å². The molecule has 2 aromatic rings. The molecule has 0 saturated heterocycles. The standard InChI is InChI=1S/C19H23Cl2N/c1-15-6-8-16(9-7-15)4-2-12-22-13-3-5-17-10-11-18(20)19(21)14-17/h6-11,14,22H,2-5,12-13H2,1H3. The topological polar surface area (TPSA) is 12.0 Å². The van der Waals surface area contributed by atoms with Crippen molar-refractivity contribution in [2.45, 2.75) is 32.6 Å². The van der Waals surface area contributed by atoms with Gasteiger partial charge in [-0.2, -0.15) is 0 Å². The molecule has 0 unspecified atom stereocenters. The molecule has 1 nitrogen and oxygen atoms in total. The lowest BCUT2D eigenvalue weighted by Gasteiger charge is -2.06. The third kappa shape index (κ3) is 6.00. The van der Waals surface area contributed by atoms with Gasteiger partial charge in [-0.05, 0) is 69.0 Å². The number of benzene rings is 2. The van der Waals surface area contributed by atoms with Gasteiger partial charge in [0.15, 0.2) is 0 Å². The maximum Gasteiger partial charge on any atom is 0.0595 e. The van der Waals surface area contributed by atoms with Crippen LogP contribution in [0.3, 0.4) is 0 Å². The van der Waals surface area contributed by atoms with E-state index in [1.165, 1.54) is 23.1 Å². The van der Waals surface area contributed by atoms with Gasteiger partial charge in [0.1, 0.15) is 0 Å². The largest absolute Gasteiger partial charge is 0.317 e. The van der Waals surface area contributed by atoms with Gasteiger partial charge in [-0.1, -0.05) is 59.1 Å². The van der Waals surface area contributed by atoms with E-state index in [0.717, 1.165) is 32.4 Å². The molecule has 0 radical (unpaired) electrons. The van der Waals surface area contributed by atoms with E-state index in [4.69, 9.17) is 23.2 Å². The summed E-state index contributed by atoms with van der Waals surface area (Å²) in [6, 6.07) is 14.7. The summed E-state index contributed by atoms with van der Waals surface area (Å²) in [4.78, 5) is 0. The van der Waals surface area contributed by atoms with Crippen molar-refractivity contribution < 1.29 is 0 Å². The van der Waals surface area contributed by atoms with E-state index in [0.29, 0.717) is 10.0 Å². The Balaban J connectivity index is 1.55. The predicted molar refractivity (Wildman–Crippen MR) is 97.2 cm³/mol. The van der Waals surface area contributed by atoms with Crippen molar-refractivity contribution in [3.8, 4) is 0 Å². The van der Waals surface area contributed by atoms with Crippen LogP contribution < -0.4 is 5.32 Å². The zero-order chi connectivity index (χ0) is 15.8. The summed E-state index contributed by atoms with van der Waals surface area (Å²) in [6.07, 6.45) is 4.46. The smallest absolute Gasteiger partial charge is 0.0595 e. The van der Waals surface area contributed by atoms with Crippen LogP contribution in [0.4, 0.5) is 0 Å². The summed E-state index contributed by atoms with van der Waals surface area (Å²) in [7, 11) is 0. The highest BCUT2D eigenvalue weighted by molar-refractivity contribution is 6.42. The van der Waals surface area contributed by atoms with Crippen LogP contribution >= 0.6 is 23.2 Å². The molecule has 22 heavy (non-hydrogen) atoms. The average molecular weight is 336 g/mol. The Kier molecular flexibility index (Phi) is 7.24. The second-order valence-corrected chi connectivity index (χ2v) is 6.51. The average Bonchev–Trinajstić information content (AvgIpc) is 2.51. The third-order valence-corrected chi connectivity index (χ3v) is 4.48. The van der Waals surface area contributed by atoms with E-state index in [2.05, 4.69) is 36.5 Å². The molecule has 0 heterocycles. The molecule has 1 N–H and O–H groups in total. The molecule has 0 aromatic heterocycles. The lowest BCUT2D eigenvalue weighted by Crippen LogP contribution is -2.17. The quantitative estimate of drug-likeness (QED) is 0.632. The van der Waals surface area contributed by atoms with E-state index in [1.807, 2.05) is 18.2 Å². The number of nitrogens with one attached hydrogen (secondary N) is 1. The Labute approximate surface area is 143 Å². The van der Waals surface area contributed by atoms with Gasteiger partial charge in [0.25, 0.3) is 0 Å². The highest BCUT2D eigenvalue weighted by Gasteiger charge is 1.99. The molecular weight excluding hydrogens is 313 g/mol. The van der Waals surface area contributed by atoms with Gasteiger partial charge in [0, 0.05) is 0 Å². The second kappa shape index (κ2) is 9.19. The van der Waals surface area contributed by atoms with Gasteiger partial charge in [0.05, 0.1) is 10.0 Å². The van der Waals surface area contributed by atoms with Crippen molar-refractivity contribution in [3.05, 3.63) is 69.2 Å². The van der Waals surface area contributed by atoms with Gasteiger partial charge in [-0.25, -0.2) is 0 Å². The van der Waals surface area contributed by atoms with Crippen LogP contribution in [0.2, 0.25) is 10.0 Å². The summed E-state index contributed by atoms with van der Waals surface area (Å²) in [5, 5.41) is 4.77. The molecule has 0 bridgehead atoms. The first-order chi connectivity index (χ1) is 10.6. The van der Waals surface area contributed by atoms with Crippen molar-refractivity contribution in [2.24, 2.45) is 0 Å². The van der Waals surface area contributed by atoms with Gasteiger partial charge in [-0.3, -0.25) is 0 Å². The number of rotatable bonds is 8. The first kappa shape index (κ1) is 17.3. The summed E-state index contributed by atoms with van der Waals surface area (Å²) >= 11 is 11.9.